The number of hydrogen-bond donors (Lipinski definition) is 5. The molecule has 0 spiro atoms. The standard InChI is InChI=1S/C37H47N7O7/c1-24(2)21-29-35(49)39-25(3)33(47)38-17-7-8-18-44(32(46)16-20-43-19-15-31(45)42-37(43)51)23-27-11-13-28(14-12-27)34(48)40-30(36(50)41-29)22-26-9-5-4-6-10-26/h4-6,9-15,19,24-25,29-30H,7-8,16-18,20-23H2,1-3H3,(H,38,47)(H,39,49)(H,40,48)(H,41,50)(H,42,45,51)/t25-,29+,30-/m1/s1. The van der Waals surface area contributed by atoms with Crippen LogP contribution in [0, 0.1) is 5.92 Å². The molecule has 14 nitrogen and oxygen atoms in total. The number of aromatic nitrogens is 2. The Bertz CT molecular complexity index is 1790. The number of amides is 5. The van der Waals surface area contributed by atoms with Crippen molar-refractivity contribution in [2.45, 2.75) is 84.1 Å². The van der Waals surface area contributed by atoms with Crippen LogP contribution in [0.1, 0.15) is 67.9 Å². The monoisotopic (exact) mass is 701 g/mol. The Hall–Kier alpha value is -5.53. The highest BCUT2D eigenvalue weighted by atomic mass is 16.2. The van der Waals surface area contributed by atoms with Gasteiger partial charge in [-0.2, -0.15) is 0 Å². The van der Waals surface area contributed by atoms with Gasteiger partial charge < -0.3 is 30.7 Å². The normalized spacial score (nSPS) is 19.8. The lowest BCUT2D eigenvalue weighted by molar-refractivity contribution is -0.132. The summed E-state index contributed by atoms with van der Waals surface area (Å²) in [6.45, 7) is 6.37. The van der Waals surface area contributed by atoms with Crippen LogP contribution in [-0.4, -0.2) is 75.2 Å². The fourth-order valence-electron chi connectivity index (χ4n) is 5.72. The molecule has 272 valence electrons. The molecule has 2 aromatic carbocycles. The number of carbonyl (C=O) groups is 5. The number of rotatable bonds is 7. The van der Waals surface area contributed by atoms with Crippen LogP contribution >= 0.6 is 0 Å². The molecular formula is C37H47N7O7. The number of aryl methyl sites for hydroxylation is 1. The van der Waals surface area contributed by atoms with Crippen LogP contribution in [0.15, 0.2) is 76.4 Å². The van der Waals surface area contributed by atoms with Gasteiger partial charge in [-0.25, -0.2) is 4.79 Å². The van der Waals surface area contributed by atoms with Crippen LogP contribution in [0.25, 0.3) is 0 Å². The maximum Gasteiger partial charge on any atom is 0.328 e. The highest BCUT2D eigenvalue weighted by Gasteiger charge is 2.29. The van der Waals surface area contributed by atoms with Gasteiger partial charge in [-0.3, -0.25) is 33.8 Å². The molecule has 2 bridgehead atoms. The summed E-state index contributed by atoms with van der Waals surface area (Å²) >= 11 is 0. The van der Waals surface area contributed by atoms with Crippen LogP contribution < -0.4 is 32.5 Å². The van der Waals surface area contributed by atoms with Gasteiger partial charge in [-0.1, -0.05) is 56.3 Å². The van der Waals surface area contributed by atoms with E-state index in [0.29, 0.717) is 37.9 Å². The minimum Gasteiger partial charge on any atom is -0.354 e. The third kappa shape index (κ3) is 11.8. The number of aromatic amines is 1. The first kappa shape index (κ1) is 38.3. The Kier molecular flexibility index (Phi) is 13.9. The predicted octanol–water partition coefficient (Wildman–Crippen LogP) is 1.24. The van der Waals surface area contributed by atoms with Gasteiger partial charge in [-0.15, -0.1) is 0 Å². The van der Waals surface area contributed by atoms with E-state index in [9.17, 15) is 33.6 Å². The van der Waals surface area contributed by atoms with Gasteiger partial charge in [0.1, 0.15) is 18.1 Å². The van der Waals surface area contributed by atoms with Crippen molar-refractivity contribution in [3.8, 4) is 0 Å². The van der Waals surface area contributed by atoms with Crippen LogP contribution in [0.5, 0.6) is 0 Å². The first-order chi connectivity index (χ1) is 24.4. The van der Waals surface area contributed by atoms with Crippen LogP contribution in [0.2, 0.25) is 0 Å². The van der Waals surface area contributed by atoms with Gasteiger partial charge in [-0.05, 0) is 55.4 Å². The van der Waals surface area contributed by atoms with Crippen molar-refractivity contribution in [3.05, 3.63) is 104 Å². The summed E-state index contributed by atoms with van der Waals surface area (Å²) in [6.07, 6.45) is 2.93. The fraction of sp³-hybridized carbons (Fsp3) is 0.432. The molecule has 2 aliphatic heterocycles. The number of nitrogens with one attached hydrogen (secondary N) is 5. The molecule has 5 amide bonds. The summed E-state index contributed by atoms with van der Waals surface area (Å²) in [4.78, 5) is 94.3. The molecule has 0 radical (unpaired) electrons. The van der Waals surface area contributed by atoms with E-state index < -0.39 is 53.0 Å². The molecule has 3 aromatic rings. The van der Waals surface area contributed by atoms with Gasteiger partial charge in [0.15, 0.2) is 0 Å². The third-order valence-electron chi connectivity index (χ3n) is 8.56. The molecule has 1 aromatic heterocycles. The number of fused-ring (bicyclic) bond motifs is 18. The van der Waals surface area contributed by atoms with Crippen LogP contribution in [0.4, 0.5) is 0 Å². The second kappa shape index (κ2) is 18.5. The molecular weight excluding hydrogens is 654 g/mol. The second-order valence-electron chi connectivity index (χ2n) is 13.2. The van der Waals surface area contributed by atoms with E-state index in [1.54, 1.807) is 36.1 Å². The predicted molar refractivity (Wildman–Crippen MR) is 190 cm³/mol. The van der Waals surface area contributed by atoms with E-state index in [1.807, 2.05) is 44.2 Å². The number of nitrogens with zero attached hydrogens (tertiary/aromatic N) is 2. The van der Waals surface area contributed by atoms with E-state index in [1.165, 1.54) is 16.8 Å². The molecule has 5 N–H and O–H groups in total. The summed E-state index contributed by atoms with van der Waals surface area (Å²) in [5.41, 5.74) is 0.744. The van der Waals surface area contributed by atoms with Gasteiger partial charge in [0.25, 0.3) is 11.5 Å². The van der Waals surface area contributed by atoms with Crippen molar-refractivity contribution < 1.29 is 24.0 Å². The average Bonchev–Trinajstić information content (AvgIpc) is 3.09. The molecule has 0 fully saturated rings. The molecule has 3 heterocycles. The van der Waals surface area contributed by atoms with E-state index >= 15 is 0 Å². The Balaban J connectivity index is 1.58. The van der Waals surface area contributed by atoms with Crippen molar-refractivity contribution in [2.24, 2.45) is 5.92 Å². The van der Waals surface area contributed by atoms with E-state index in [4.69, 9.17) is 0 Å². The lowest BCUT2D eigenvalue weighted by Crippen LogP contribution is -2.57. The zero-order valence-electron chi connectivity index (χ0n) is 29.3. The van der Waals surface area contributed by atoms with E-state index in [-0.39, 0.29) is 37.8 Å². The largest absolute Gasteiger partial charge is 0.354 e. The zero-order chi connectivity index (χ0) is 36.9. The molecule has 0 unspecified atom stereocenters. The number of hydrogen-bond acceptors (Lipinski definition) is 7. The second-order valence-corrected chi connectivity index (χ2v) is 13.2. The van der Waals surface area contributed by atoms with Crippen molar-refractivity contribution in [1.82, 2.24) is 35.7 Å². The Morgan fingerprint density at radius 3 is 2.22 bits per heavy atom. The summed E-state index contributed by atoms with van der Waals surface area (Å²) < 4.78 is 1.26. The van der Waals surface area contributed by atoms with Gasteiger partial charge in [0.2, 0.25) is 23.6 Å². The quantitative estimate of drug-likeness (QED) is 0.229. The highest BCUT2D eigenvalue weighted by Crippen LogP contribution is 2.13. The topological polar surface area (TPSA) is 192 Å². The van der Waals surface area contributed by atoms with Crippen LogP contribution in [-0.2, 0) is 38.7 Å². The van der Waals surface area contributed by atoms with Crippen LogP contribution in [0.3, 0.4) is 0 Å². The van der Waals surface area contributed by atoms with E-state index in [0.717, 1.165) is 11.1 Å². The Morgan fingerprint density at radius 2 is 1.53 bits per heavy atom. The smallest absolute Gasteiger partial charge is 0.328 e. The zero-order valence-corrected chi connectivity index (χ0v) is 29.3. The van der Waals surface area contributed by atoms with Crippen molar-refractivity contribution in [3.63, 3.8) is 0 Å². The van der Waals surface area contributed by atoms with Crippen molar-refractivity contribution >= 4 is 29.5 Å². The number of benzene rings is 2. The van der Waals surface area contributed by atoms with Gasteiger partial charge in [0.05, 0.1) is 0 Å². The molecule has 0 saturated heterocycles. The molecule has 0 saturated carbocycles. The molecule has 0 aliphatic carbocycles. The van der Waals surface area contributed by atoms with Gasteiger partial charge >= 0.3 is 5.69 Å². The van der Waals surface area contributed by atoms with E-state index in [2.05, 4.69) is 26.3 Å². The lowest BCUT2D eigenvalue weighted by Gasteiger charge is -2.25. The van der Waals surface area contributed by atoms with Crippen molar-refractivity contribution in [1.29, 1.82) is 0 Å². The minimum atomic E-state index is -1.01. The molecule has 5 rings (SSSR count). The fourth-order valence-corrected chi connectivity index (χ4v) is 5.72. The SMILES string of the molecule is CC(C)C[C@@H]1NC(=O)[C@@H](Cc2ccccc2)NC(=O)c2ccc(cc2)CN(C(=O)CCn2ccc(=O)[nH]c2=O)CCCCNC(=O)[C@@H](C)NC1=O. The molecule has 3 atom stereocenters. The highest BCUT2D eigenvalue weighted by molar-refractivity contribution is 5.99. The van der Waals surface area contributed by atoms with Crippen molar-refractivity contribution in [2.75, 3.05) is 13.1 Å². The third-order valence-corrected chi connectivity index (χ3v) is 8.56. The molecule has 51 heavy (non-hydrogen) atoms. The lowest BCUT2D eigenvalue weighted by atomic mass is 10.0. The maximum absolute atomic E-state index is 13.7. The number of H-pyrrole nitrogens is 1. The Labute approximate surface area is 296 Å². The summed E-state index contributed by atoms with van der Waals surface area (Å²) in [5, 5.41) is 11.2. The summed E-state index contributed by atoms with van der Waals surface area (Å²) in [6, 6.07) is 14.3. The summed E-state index contributed by atoms with van der Waals surface area (Å²) in [5.74, 6) is -2.11. The Morgan fingerprint density at radius 1 is 0.824 bits per heavy atom. The molecule has 14 heteroatoms. The molecule has 2 aliphatic rings. The first-order valence-corrected chi connectivity index (χ1v) is 17.3. The summed E-state index contributed by atoms with van der Waals surface area (Å²) in [7, 11) is 0. The van der Waals surface area contributed by atoms with Gasteiger partial charge in [0, 0.05) is 56.8 Å². The minimum absolute atomic E-state index is 0.00303. The first-order valence-electron chi connectivity index (χ1n) is 17.3. The number of carbonyl (C=O) groups excluding carboxylic acids is 5. The average molecular weight is 702 g/mol. The maximum atomic E-state index is 13.7.